The summed E-state index contributed by atoms with van der Waals surface area (Å²) in [6.07, 6.45) is 0. The van der Waals surface area contributed by atoms with Crippen LogP contribution in [0.2, 0.25) is 0 Å². The molecule has 0 N–H and O–H groups in total. The lowest BCUT2D eigenvalue weighted by molar-refractivity contribution is -0.144. The molecule has 0 radical (unpaired) electrons. The lowest BCUT2D eigenvalue weighted by atomic mass is 10.1. The molecule has 16 heavy (non-hydrogen) atoms. The van der Waals surface area contributed by atoms with Gasteiger partial charge in [0.15, 0.2) is 0 Å². The second-order valence-electron chi connectivity index (χ2n) is 3.22. The molecular weight excluding hydrogens is 230 g/mol. The third kappa shape index (κ3) is 4.39. The van der Waals surface area contributed by atoms with Gasteiger partial charge in [0.05, 0.1) is 17.1 Å². The van der Waals surface area contributed by atoms with Crippen LogP contribution in [0.15, 0.2) is 10.9 Å². The Morgan fingerprint density at radius 1 is 1.31 bits per heavy atom. The zero-order chi connectivity index (χ0) is 12.0. The van der Waals surface area contributed by atoms with Gasteiger partial charge in [-0.25, -0.2) is 4.98 Å². The van der Waals surface area contributed by atoms with E-state index in [1.54, 1.807) is 5.51 Å². The van der Waals surface area contributed by atoms with Crippen molar-refractivity contribution in [2.45, 2.75) is 19.8 Å². The van der Waals surface area contributed by atoms with Crippen LogP contribution in [0.25, 0.3) is 0 Å². The smallest absolute Gasteiger partial charge is 0.302 e. The quantitative estimate of drug-likeness (QED) is 0.730. The van der Waals surface area contributed by atoms with Gasteiger partial charge in [0.25, 0.3) is 0 Å². The van der Waals surface area contributed by atoms with E-state index >= 15 is 0 Å². The number of carbonyl (C=O) groups is 2. The maximum absolute atomic E-state index is 10.7. The standard InChI is InChI=1S/C10H13NO4S/c1-7(12)14-3-9(4-15-8(2)13)10-5-16-6-11-10/h5-6,9H,3-4H2,1-2H3. The molecule has 0 atom stereocenters. The van der Waals surface area contributed by atoms with E-state index < -0.39 is 0 Å². The first-order valence-electron chi connectivity index (χ1n) is 4.74. The number of aromatic nitrogens is 1. The lowest BCUT2D eigenvalue weighted by Gasteiger charge is -2.13. The third-order valence-electron chi connectivity index (χ3n) is 1.85. The van der Waals surface area contributed by atoms with Gasteiger partial charge in [0.1, 0.15) is 13.2 Å². The van der Waals surface area contributed by atoms with Crippen LogP contribution >= 0.6 is 11.3 Å². The Labute approximate surface area is 97.4 Å². The van der Waals surface area contributed by atoms with E-state index in [0.717, 1.165) is 5.69 Å². The number of hydrogen-bond donors (Lipinski definition) is 0. The van der Waals surface area contributed by atoms with Gasteiger partial charge in [-0.05, 0) is 0 Å². The molecule has 0 aliphatic carbocycles. The van der Waals surface area contributed by atoms with Crippen LogP contribution in [-0.2, 0) is 19.1 Å². The van der Waals surface area contributed by atoms with Gasteiger partial charge in [-0.3, -0.25) is 9.59 Å². The minimum absolute atomic E-state index is 0.173. The first kappa shape index (κ1) is 12.6. The van der Waals surface area contributed by atoms with Gasteiger partial charge in [-0.1, -0.05) is 0 Å². The Hall–Kier alpha value is -1.43. The number of nitrogens with zero attached hydrogens (tertiary/aromatic N) is 1. The van der Waals surface area contributed by atoms with Gasteiger partial charge in [-0.15, -0.1) is 11.3 Å². The Balaban J connectivity index is 2.55. The largest absolute Gasteiger partial charge is 0.465 e. The molecule has 1 aromatic heterocycles. The van der Waals surface area contributed by atoms with Gasteiger partial charge in [-0.2, -0.15) is 0 Å². The van der Waals surface area contributed by atoms with E-state index in [2.05, 4.69) is 4.98 Å². The Morgan fingerprint density at radius 3 is 2.25 bits per heavy atom. The summed E-state index contributed by atoms with van der Waals surface area (Å²) >= 11 is 1.44. The molecule has 0 aromatic carbocycles. The lowest BCUT2D eigenvalue weighted by Crippen LogP contribution is -2.18. The first-order chi connectivity index (χ1) is 7.59. The van der Waals surface area contributed by atoms with Crippen molar-refractivity contribution in [1.29, 1.82) is 0 Å². The summed E-state index contributed by atoms with van der Waals surface area (Å²) in [7, 11) is 0. The number of thiazole rings is 1. The van der Waals surface area contributed by atoms with Crippen LogP contribution in [0.4, 0.5) is 0 Å². The summed E-state index contributed by atoms with van der Waals surface area (Å²) < 4.78 is 9.79. The van der Waals surface area contributed by atoms with Gasteiger partial charge >= 0.3 is 11.9 Å². The summed E-state index contributed by atoms with van der Waals surface area (Å²) in [6.45, 7) is 3.02. The monoisotopic (exact) mass is 243 g/mol. The maximum Gasteiger partial charge on any atom is 0.302 e. The molecule has 88 valence electrons. The summed E-state index contributed by atoms with van der Waals surface area (Å²) in [5, 5.41) is 1.84. The van der Waals surface area contributed by atoms with Crippen molar-refractivity contribution in [3.63, 3.8) is 0 Å². The normalized spacial score (nSPS) is 10.2. The Bertz CT molecular complexity index is 332. The zero-order valence-electron chi connectivity index (χ0n) is 9.13. The molecule has 0 spiro atoms. The molecule has 0 bridgehead atoms. The SMILES string of the molecule is CC(=O)OCC(COC(C)=O)c1cscn1. The van der Waals surface area contributed by atoms with E-state index in [0.29, 0.717) is 0 Å². The summed E-state index contributed by atoms with van der Waals surface area (Å²) in [5.41, 5.74) is 2.46. The van der Waals surface area contributed by atoms with Gasteiger partial charge < -0.3 is 9.47 Å². The van der Waals surface area contributed by atoms with E-state index in [9.17, 15) is 9.59 Å². The van der Waals surface area contributed by atoms with Crippen LogP contribution in [0.5, 0.6) is 0 Å². The topological polar surface area (TPSA) is 65.5 Å². The number of ether oxygens (including phenoxy) is 2. The molecule has 0 fully saturated rings. The minimum atomic E-state index is -0.358. The van der Waals surface area contributed by atoms with Crippen molar-refractivity contribution < 1.29 is 19.1 Å². The summed E-state index contributed by atoms with van der Waals surface area (Å²) in [6, 6.07) is 0. The van der Waals surface area contributed by atoms with Crippen LogP contribution < -0.4 is 0 Å². The number of esters is 2. The van der Waals surface area contributed by atoms with Gasteiger partial charge in [0.2, 0.25) is 0 Å². The molecule has 1 aromatic rings. The Morgan fingerprint density at radius 2 is 1.88 bits per heavy atom. The molecule has 0 amide bonds. The van der Waals surface area contributed by atoms with Crippen molar-refractivity contribution in [2.75, 3.05) is 13.2 Å². The first-order valence-corrected chi connectivity index (χ1v) is 5.68. The highest BCUT2D eigenvalue weighted by atomic mass is 32.1. The van der Waals surface area contributed by atoms with E-state index in [-0.39, 0.29) is 31.1 Å². The predicted molar refractivity (Wildman–Crippen MR) is 58.1 cm³/mol. The maximum atomic E-state index is 10.7. The van der Waals surface area contributed by atoms with Crippen molar-refractivity contribution in [2.24, 2.45) is 0 Å². The second-order valence-corrected chi connectivity index (χ2v) is 3.93. The number of hydrogen-bond acceptors (Lipinski definition) is 6. The van der Waals surface area contributed by atoms with Crippen molar-refractivity contribution in [3.05, 3.63) is 16.6 Å². The van der Waals surface area contributed by atoms with E-state index in [1.807, 2.05) is 5.38 Å². The number of rotatable bonds is 5. The molecule has 0 saturated heterocycles. The number of carbonyl (C=O) groups excluding carboxylic acids is 2. The highest BCUT2D eigenvalue weighted by molar-refractivity contribution is 7.07. The Kier molecular flexibility index (Phi) is 4.91. The molecule has 0 saturated carbocycles. The fraction of sp³-hybridized carbons (Fsp3) is 0.500. The molecule has 0 aliphatic heterocycles. The van der Waals surface area contributed by atoms with E-state index in [1.165, 1.54) is 25.2 Å². The van der Waals surface area contributed by atoms with Crippen LogP contribution in [-0.4, -0.2) is 30.1 Å². The predicted octanol–water partition coefficient (Wildman–Crippen LogP) is 1.35. The third-order valence-corrected chi connectivity index (χ3v) is 2.45. The average Bonchev–Trinajstić information content (AvgIpc) is 2.70. The molecule has 5 nitrogen and oxygen atoms in total. The van der Waals surface area contributed by atoms with Crippen LogP contribution in [0.3, 0.4) is 0 Å². The van der Waals surface area contributed by atoms with E-state index in [4.69, 9.17) is 9.47 Å². The van der Waals surface area contributed by atoms with Crippen LogP contribution in [0.1, 0.15) is 25.5 Å². The molecule has 6 heteroatoms. The molecule has 1 heterocycles. The summed E-state index contributed by atoms with van der Waals surface area (Å²) in [5.74, 6) is -0.912. The molecular formula is C10H13NO4S. The molecule has 0 aliphatic rings. The second kappa shape index (κ2) is 6.22. The van der Waals surface area contributed by atoms with Gasteiger partial charge in [0, 0.05) is 19.2 Å². The molecule has 1 rings (SSSR count). The fourth-order valence-electron chi connectivity index (χ4n) is 1.08. The minimum Gasteiger partial charge on any atom is -0.465 e. The average molecular weight is 243 g/mol. The van der Waals surface area contributed by atoms with Crippen molar-refractivity contribution >= 4 is 23.3 Å². The highest BCUT2D eigenvalue weighted by Gasteiger charge is 2.16. The molecule has 0 unspecified atom stereocenters. The van der Waals surface area contributed by atoms with Crippen molar-refractivity contribution in [3.8, 4) is 0 Å². The highest BCUT2D eigenvalue weighted by Crippen LogP contribution is 2.16. The van der Waals surface area contributed by atoms with Crippen LogP contribution in [0, 0.1) is 0 Å². The summed E-state index contributed by atoms with van der Waals surface area (Å²) in [4.78, 5) is 25.5. The van der Waals surface area contributed by atoms with Crippen molar-refractivity contribution in [1.82, 2.24) is 4.98 Å². The zero-order valence-corrected chi connectivity index (χ0v) is 9.95. The fourth-order valence-corrected chi connectivity index (χ4v) is 1.71.